The Morgan fingerprint density at radius 3 is 2.52 bits per heavy atom. The van der Waals surface area contributed by atoms with E-state index < -0.39 is 17.2 Å². The molecule has 0 saturated carbocycles. The molecule has 1 aliphatic heterocycles. The lowest BCUT2D eigenvalue weighted by Gasteiger charge is -2.33. The summed E-state index contributed by atoms with van der Waals surface area (Å²) in [5, 5.41) is 6.04. The molecule has 7 nitrogen and oxygen atoms in total. The van der Waals surface area contributed by atoms with Gasteiger partial charge in [-0.15, -0.1) is 0 Å². The van der Waals surface area contributed by atoms with Gasteiger partial charge in [0.1, 0.15) is 35.1 Å². The Bertz CT molecular complexity index is 875. The van der Waals surface area contributed by atoms with Crippen LogP contribution in [0.25, 0.3) is 0 Å². The van der Waals surface area contributed by atoms with Crippen molar-refractivity contribution in [1.29, 1.82) is 0 Å². The third kappa shape index (κ3) is 6.85. The number of para-hydroxylation sites is 1. The Morgan fingerprint density at radius 2 is 1.87 bits per heavy atom. The Balaban J connectivity index is 1.44. The highest BCUT2D eigenvalue weighted by Gasteiger charge is 2.26. The summed E-state index contributed by atoms with van der Waals surface area (Å²) < 4.78 is 33.1. The molecule has 1 aromatic carbocycles. The van der Waals surface area contributed by atoms with Gasteiger partial charge in [0.05, 0.1) is 5.69 Å². The number of nitrogens with zero attached hydrogens (tertiary/aromatic N) is 3. The maximum atomic E-state index is 13.8. The van der Waals surface area contributed by atoms with E-state index in [9.17, 15) is 13.6 Å². The lowest BCUT2D eigenvalue weighted by molar-refractivity contribution is 0.0184. The number of hydrogen-bond donors (Lipinski definition) is 2. The molecule has 0 atom stereocenters. The molecule has 2 N–H and O–H groups in total. The monoisotopic (exact) mass is 433 g/mol. The molecule has 0 bridgehead atoms. The summed E-state index contributed by atoms with van der Waals surface area (Å²) in [7, 11) is 0. The Morgan fingerprint density at radius 1 is 1.19 bits per heavy atom. The van der Waals surface area contributed by atoms with E-state index in [4.69, 9.17) is 4.74 Å². The molecule has 1 saturated heterocycles. The SMILES string of the molecule is CC(C)(C)OC(=O)N1CCC(CNCc2cc(Nc3c(F)cccc3F)ncn2)CC1. The van der Waals surface area contributed by atoms with Crippen molar-refractivity contribution in [2.75, 3.05) is 25.0 Å². The largest absolute Gasteiger partial charge is 0.444 e. The maximum Gasteiger partial charge on any atom is 0.410 e. The third-order valence-corrected chi connectivity index (χ3v) is 4.94. The van der Waals surface area contributed by atoms with Crippen molar-refractivity contribution in [3.8, 4) is 0 Å². The zero-order valence-electron chi connectivity index (χ0n) is 18.1. The minimum atomic E-state index is -0.684. The first kappa shape index (κ1) is 22.9. The molecule has 31 heavy (non-hydrogen) atoms. The predicted octanol–water partition coefficient (Wildman–Crippen LogP) is 4.24. The number of carbonyl (C=O) groups excluding carboxylic acids is 1. The highest BCUT2D eigenvalue weighted by Crippen LogP contribution is 2.22. The van der Waals surface area contributed by atoms with Gasteiger partial charge in [0.15, 0.2) is 0 Å². The number of benzene rings is 1. The molecule has 3 rings (SSSR count). The van der Waals surface area contributed by atoms with E-state index in [1.54, 1.807) is 11.0 Å². The lowest BCUT2D eigenvalue weighted by atomic mass is 9.97. The average molecular weight is 434 g/mol. The standard InChI is InChI=1S/C22H29F2N5O2/c1-22(2,3)31-21(30)29-9-7-15(8-10-29)12-25-13-16-11-19(27-14-26-16)28-20-17(23)5-4-6-18(20)24/h4-6,11,14-15,25H,7-10,12-13H2,1-3H3,(H,26,27,28). The van der Waals surface area contributed by atoms with E-state index in [0.29, 0.717) is 37.1 Å². The smallest absolute Gasteiger partial charge is 0.410 e. The van der Waals surface area contributed by atoms with Crippen LogP contribution in [0.1, 0.15) is 39.3 Å². The summed E-state index contributed by atoms with van der Waals surface area (Å²) in [6.07, 6.45) is 2.90. The number of piperidine rings is 1. The van der Waals surface area contributed by atoms with Crippen molar-refractivity contribution in [3.63, 3.8) is 0 Å². The van der Waals surface area contributed by atoms with Gasteiger partial charge in [0, 0.05) is 25.7 Å². The van der Waals surface area contributed by atoms with Crippen LogP contribution in [0.3, 0.4) is 0 Å². The number of nitrogens with one attached hydrogen (secondary N) is 2. The number of rotatable bonds is 6. The van der Waals surface area contributed by atoms with Gasteiger partial charge in [-0.1, -0.05) is 6.07 Å². The van der Waals surface area contributed by atoms with Gasteiger partial charge in [-0.2, -0.15) is 0 Å². The topological polar surface area (TPSA) is 79.4 Å². The number of likely N-dealkylation sites (tertiary alicyclic amines) is 1. The average Bonchev–Trinajstić information content (AvgIpc) is 2.70. The summed E-state index contributed by atoms with van der Waals surface area (Å²) in [5.74, 6) is -0.598. The fourth-order valence-electron chi connectivity index (χ4n) is 3.36. The number of carbonyl (C=O) groups is 1. The highest BCUT2D eigenvalue weighted by molar-refractivity contribution is 5.68. The lowest BCUT2D eigenvalue weighted by Crippen LogP contribution is -2.43. The summed E-state index contributed by atoms with van der Waals surface area (Å²) >= 11 is 0. The number of aromatic nitrogens is 2. The van der Waals surface area contributed by atoms with E-state index in [1.807, 2.05) is 20.8 Å². The number of ether oxygens (including phenoxy) is 1. The van der Waals surface area contributed by atoms with E-state index in [1.165, 1.54) is 24.5 Å². The second-order valence-electron chi connectivity index (χ2n) is 8.66. The van der Waals surface area contributed by atoms with Crippen LogP contribution in [-0.4, -0.2) is 46.2 Å². The van der Waals surface area contributed by atoms with E-state index in [-0.39, 0.29) is 11.8 Å². The second kappa shape index (κ2) is 10.00. The van der Waals surface area contributed by atoms with Crippen molar-refractivity contribution >= 4 is 17.6 Å². The molecule has 0 unspecified atom stereocenters. The van der Waals surface area contributed by atoms with Gasteiger partial charge < -0.3 is 20.3 Å². The minimum absolute atomic E-state index is 0.239. The summed E-state index contributed by atoms with van der Waals surface area (Å²) in [6.45, 7) is 8.24. The number of halogens is 2. The Kier molecular flexibility index (Phi) is 7.37. The minimum Gasteiger partial charge on any atom is -0.444 e. The number of amides is 1. The number of hydrogen-bond acceptors (Lipinski definition) is 6. The van der Waals surface area contributed by atoms with E-state index in [2.05, 4.69) is 20.6 Å². The molecule has 2 heterocycles. The zero-order valence-corrected chi connectivity index (χ0v) is 18.1. The molecule has 0 aliphatic carbocycles. The molecule has 168 valence electrons. The van der Waals surface area contributed by atoms with E-state index >= 15 is 0 Å². The van der Waals surface area contributed by atoms with Crippen LogP contribution in [0.5, 0.6) is 0 Å². The van der Waals surface area contributed by atoms with Gasteiger partial charge in [-0.3, -0.25) is 0 Å². The molecule has 1 amide bonds. The molecule has 2 aromatic rings. The van der Waals surface area contributed by atoms with Crippen LogP contribution in [-0.2, 0) is 11.3 Å². The summed E-state index contributed by atoms with van der Waals surface area (Å²) in [6, 6.07) is 5.33. The molecule has 0 spiro atoms. The van der Waals surface area contributed by atoms with Crippen LogP contribution in [0.2, 0.25) is 0 Å². The zero-order chi connectivity index (χ0) is 22.4. The predicted molar refractivity (Wildman–Crippen MR) is 114 cm³/mol. The summed E-state index contributed by atoms with van der Waals surface area (Å²) in [4.78, 5) is 22.1. The van der Waals surface area contributed by atoms with Crippen molar-refractivity contribution in [2.24, 2.45) is 5.92 Å². The quantitative estimate of drug-likeness (QED) is 0.710. The van der Waals surface area contributed by atoms with Crippen molar-refractivity contribution in [3.05, 3.63) is 47.9 Å². The molecule has 0 radical (unpaired) electrons. The van der Waals surface area contributed by atoms with Gasteiger partial charge >= 0.3 is 6.09 Å². The molecular formula is C22H29F2N5O2. The highest BCUT2D eigenvalue weighted by atomic mass is 19.1. The van der Waals surface area contributed by atoms with Gasteiger partial charge in [0.2, 0.25) is 0 Å². The van der Waals surface area contributed by atoms with Gasteiger partial charge in [-0.25, -0.2) is 23.5 Å². The molecule has 1 aromatic heterocycles. The molecule has 9 heteroatoms. The fourth-order valence-corrected chi connectivity index (χ4v) is 3.36. The van der Waals surface area contributed by atoms with Crippen LogP contribution in [0, 0.1) is 17.6 Å². The van der Waals surface area contributed by atoms with Crippen molar-refractivity contribution in [1.82, 2.24) is 20.2 Å². The van der Waals surface area contributed by atoms with Crippen molar-refractivity contribution in [2.45, 2.75) is 45.8 Å². The van der Waals surface area contributed by atoms with E-state index in [0.717, 1.165) is 19.4 Å². The number of anilines is 2. The Labute approximate surface area is 181 Å². The molecule has 1 fully saturated rings. The maximum absolute atomic E-state index is 13.8. The van der Waals surface area contributed by atoms with Crippen LogP contribution < -0.4 is 10.6 Å². The fraction of sp³-hybridized carbons (Fsp3) is 0.500. The first-order valence-electron chi connectivity index (χ1n) is 10.4. The van der Waals surface area contributed by atoms with Gasteiger partial charge in [0.25, 0.3) is 0 Å². The first-order chi connectivity index (χ1) is 14.7. The molecule has 1 aliphatic rings. The second-order valence-corrected chi connectivity index (χ2v) is 8.66. The first-order valence-corrected chi connectivity index (χ1v) is 10.4. The van der Waals surface area contributed by atoms with Crippen LogP contribution in [0.4, 0.5) is 25.1 Å². The summed E-state index contributed by atoms with van der Waals surface area (Å²) in [5.41, 5.74) is -0.0176. The third-order valence-electron chi connectivity index (χ3n) is 4.94. The normalized spacial score (nSPS) is 15.1. The van der Waals surface area contributed by atoms with Crippen molar-refractivity contribution < 1.29 is 18.3 Å². The van der Waals surface area contributed by atoms with Crippen LogP contribution in [0.15, 0.2) is 30.6 Å². The van der Waals surface area contributed by atoms with Crippen LogP contribution >= 0.6 is 0 Å². The molecular weight excluding hydrogens is 404 g/mol. The van der Waals surface area contributed by atoms with Gasteiger partial charge in [-0.05, 0) is 58.2 Å². The Hall–Kier alpha value is -2.81.